The van der Waals surface area contributed by atoms with E-state index in [4.69, 9.17) is 4.74 Å². The molecule has 1 aliphatic rings. The van der Waals surface area contributed by atoms with Crippen LogP contribution in [0.25, 0.3) is 0 Å². The highest BCUT2D eigenvalue weighted by Gasteiger charge is 2.23. The van der Waals surface area contributed by atoms with Crippen molar-refractivity contribution in [3.8, 4) is 5.75 Å². The van der Waals surface area contributed by atoms with Gasteiger partial charge in [0.25, 0.3) is 0 Å². The topological polar surface area (TPSA) is 41.6 Å². The van der Waals surface area contributed by atoms with E-state index in [1.165, 1.54) is 12.8 Å². The maximum absolute atomic E-state index is 12.3. The molecule has 4 nitrogen and oxygen atoms in total. The van der Waals surface area contributed by atoms with Crippen LogP contribution < -0.4 is 10.1 Å². The van der Waals surface area contributed by atoms with Crippen molar-refractivity contribution < 1.29 is 9.53 Å². The summed E-state index contributed by atoms with van der Waals surface area (Å²) >= 11 is 0. The number of hydrogen-bond acceptors (Lipinski definition) is 3. The SMILES string of the molecule is CC(CC(=O)N(C)CCOc1ccccc1)C1CCNCC1.Cl. The average molecular weight is 341 g/mol. The minimum Gasteiger partial charge on any atom is -0.492 e. The van der Waals surface area contributed by atoms with Crippen molar-refractivity contribution in [3.63, 3.8) is 0 Å². The summed E-state index contributed by atoms with van der Waals surface area (Å²) in [6, 6.07) is 9.72. The third-order valence-electron chi connectivity index (χ3n) is 4.55. The number of likely N-dealkylation sites (N-methyl/N-ethyl adjacent to an activating group) is 1. The molecule has 1 unspecified atom stereocenters. The fourth-order valence-corrected chi connectivity index (χ4v) is 2.95. The van der Waals surface area contributed by atoms with E-state index >= 15 is 0 Å². The zero-order valence-corrected chi connectivity index (χ0v) is 15.0. The Morgan fingerprint density at radius 2 is 1.96 bits per heavy atom. The van der Waals surface area contributed by atoms with Crippen molar-refractivity contribution in [1.29, 1.82) is 0 Å². The first-order chi connectivity index (χ1) is 10.7. The molecule has 2 rings (SSSR count). The lowest BCUT2D eigenvalue weighted by atomic mass is 9.84. The summed E-state index contributed by atoms with van der Waals surface area (Å²) in [5.41, 5.74) is 0. The smallest absolute Gasteiger partial charge is 0.222 e. The quantitative estimate of drug-likeness (QED) is 0.829. The van der Waals surface area contributed by atoms with Crippen molar-refractivity contribution in [3.05, 3.63) is 30.3 Å². The van der Waals surface area contributed by atoms with Crippen LogP contribution in [0.15, 0.2) is 30.3 Å². The Hall–Kier alpha value is -1.26. The van der Waals surface area contributed by atoms with Crippen LogP contribution in [-0.2, 0) is 4.79 Å². The number of rotatable bonds is 7. The van der Waals surface area contributed by atoms with Crippen LogP contribution in [0.4, 0.5) is 0 Å². The van der Waals surface area contributed by atoms with Gasteiger partial charge in [0, 0.05) is 13.5 Å². The Kier molecular flexibility index (Phi) is 9.03. The van der Waals surface area contributed by atoms with E-state index in [2.05, 4.69) is 12.2 Å². The maximum Gasteiger partial charge on any atom is 0.222 e. The van der Waals surface area contributed by atoms with Gasteiger partial charge in [-0.15, -0.1) is 12.4 Å². The highest BCUT2D eigenvalue weighted by atomic mass is 35.5. The number of carbonyl (C=O) groups excluding carboxylic acids is 1. The Morgan fingerprint density at radius 3 is 2.61 bits per heavy atom. The molecule has 0 saturated carbocycles. The number of benzene rings is 1. The van der Waals surface area contributed by atoms with Gasteiger partial charge >= 0.3 is 0 Å². The first-order valence-electron chi connectivity index (χ1n) is 8.29. The first-order valence-corrected chi connectivity index (χ1v) is 8.29. The number of nitrogens with one attached hydrogen (secondary N) is 1. The number of halogens is 1. The summed E-state index contributed by atoms with van der Waals surface area (Å²) in [6.45, 7) is 5.55. The van der Waals surface area contributed by atoms with E-state index in [0.29, 0.717) is 31.4 Å². The number of ether oxygens (including phenoxy) is 1. The van der Waals surface area contributed by atoms with Crippen molar-refractivity contribution in [1.82, 2.24) is 10.2 Å². The number of hydrogen-bond donors (Lipinski definition) is 1. The fraction of sp³-hybridized carbons (Fsp3) is 0.611. The molecule has 130 valence electrons. The highest BCUT2D eigenvalue weighted by molar-refractivity contribution is 5.85. The molecule has 5 heteroatoms. The molecule has 1 fully saturated rings. The second-order valence-corrected chi connectivity index (χ2v) is 6.25. The molecule has 1 saturated heterocycles. The van der Waals surface area contributed by atoms with Gasteiger partial charge < -0.3 is 15.0 Å². The molecule has 1 amide bonds. The van der Waals surface area contributed by atoms with Crippen LogP contribution in [0, 0.1) is 11.8 Å². The van der Waals surface area contributed by atoms with Gasteiger partial charge in [-0.3, -0.25) is 4.79 Å². The predicted molar refractivity (Wildman–Crippen MR) is 96.2 cm³/mol. The van der Waals surface area contributed by atoms with Gasteiger partial charge in [0.1, 0.15) is 12.4 Å². The van der Waals surface area contributed by atoms with Crippen LogP contribution in [0.1, 0.15) is 26.2 Å². The van der Waals surface area contributed by atoms with E-state index < -0.39 is 0 Å². The minimum absolute atomic E-state index is 0. The number of para-hydroxylation sites is 1. The van der Waals surface area contributed by atoms with Gasteiger partial charge in [-0.05, 0) is 49.9 Å². The maximum atomic E-state index is 12.3. The Balaban J connectivity index is 0.00000264. The highest BCUT2D eigenvalue weighted by Crippen LogP contribution is 2.24. The molecule has 0 bridgehead atoms. The normalized spacial score (nSPS) is 16.3. The van der Waals surface area contributed by atoms with Crippen LogP contribution in [0.3, 0.4) is 0 Å². The van der Waals surface area contributed by atoms with Crippen molar-refractivity contribution in [2.24, 2.45) is 11.8 Å². The Bertz CT molecular complexity index is 450. The van der Waals surface area contributed by atoms with Gasteiger partial charge in [0.05, 0.1) is 6.54 Å². The molecule has 1 heterocycles. The third kappa shape index (κ3) is 6.80. The predicted octanol–water partition coefficient (Wildman–Crippen LogP) is 2.97. The van der Waals surface area contributed by atoms with Crippen molar-refractivity contribution in [2.75, 3.05) is 33.3 Å². The van der Waals surface area contributed by atoms with Crippen LogP contribution in [0.5, 0.6) is 5.75 Å². The van der Waals surface area contributed by atoms with Gasteiger partial charge in [-0.25, -0.2) is 0 Å². The van der Waals surface area contributed by atoms with Gasteiger partial charge in [0.15, 0.2) is 0 Å². The molecule has 0 aromatic heterocycles. The van der Waals surface area contributed by atoms with E-state index in [1.807, 2.05) is 37.4 Å². The summed E-state index contributed by atoms with van der Waals surface area (Å²) < 4.78 is 5.65. The lowest BCUT2D eigenvalue weighted by Gasteiger charge is -2.29. The van der Waals surface area contributed by atoms with Crippen LogP contribution >= 0.6 is 12.4 Å². The van der Waals surface area contributed by atoms with Crippen molar-refractivity contribution in [2.45, 2.75) is 26.2 Å². The van der Waals surface area contributed by atoms with E-state index in [-0.39, 0.29) is 18.3 Å². The van der Waals surface area contributed by atoms with Crippen molar-refractivity contribution >= 4 is 18.3 Å². The lowest BCUT2D eigenvalue weighted by molar-refractivity contribution is -0.131. The first kappa shape index (κ1) is 19.8. The van der Waals surface area contributed by atoms with Gasteiger partial charge in [-0.1, -0.05) is 25.1 Å². The molecule has 1 N–H and O–H groups in total. The molecule has 0 spiro atoms. The molecule has 23 heavy (non-hydrogen) atoms. The summed E-state index contributed by atoms with van der Waals surface area (Å²) in [6.07, 6.45) is 3.02. The van der Waals surface area contributed by atoms with E-state index in [0.717, 1.165) is 18.8 Å². The zero-order chi connectivity index (χ0) is 15.8. The molecule has 0 aliphatic carbocycles. The summed E-state index contributed by atoms with van der Waals surface area (Å²) in [7, 11) is 1.87. The number of piperidine rings is 1. The molecule has 1 atom stereocenters. The van der Waals surface area contributed by atoms with E-state index in [9.17, 15) is 4.79 Å². The molecule has 1 aromatic rings. The molecule has 0 radical (unpaired) electrons. The Morgan fingerprint density at radius 1 is 1.30 bits per heavy atom. The third-order valence-corrected chi connectivity index (χ3v) is 4.55. The minimum atomic E-state index is 0. The summed E-state index contributed by atoms with van der Waals surface area (Å²) in [5.74, 6) is 2.22. The molecule has 1 aromatic carbocycles. The molecule has 1 aliphatic heterocycles. The molecular formula is C18H29ClN2O2. The zero-order valence-electron chi connectivity index (χ0n) is 14.2. The number of amides is 1. The summed E-state index contributed by atoms with van der Waals surface area (Å²) in [4.78, 5) is 14.1. The Labute approximate surface area is 146 Å². The largest absolute Gasteiger partial charge is 0.492 e. The summed E-state index contributed by atoms with van der Waals surface area (Å²) in [5, 5.41) is 3.38. The van der Waals surface area contributed by atoms with E-state index in [1.54, 1.807) is 4.90 Å². The van der Waals surface area contributed by atoms with Gasteiger partial charge in [-0.2, -0.15) is 0 Å². The van der Waals surface area contributed by atoms with Gasteiger partial charge in [0.2, 0.25) is 5.91 Å². The average Bonchev–Trinajstić information content (AvgIpc) is 2.56. The second-order valence-electron chi connectivity index (χ2n) is 6.25. The van der Waals surface area contributed by atoms with Crippen LogP contribution in [0.2, 0.25) is 0 Å². The second kappa shape index (κ2) is 10.5. The standard InChI is InChI=1S/C18H28N2O2.ClH/c1-15(16-8-10-19-11-9-16)14-18(21)20(2)12-13-22-17-6-4-3-5-7-17;/h3-7,15-16,19H,8-14H2,1-2H3;1H. The number of carbonyl (C=O) groups is 1. The molecular weight excluding hydrogens is 312 g/mol. The fourth-order valence-electron chi connectivity index (χ4n) is 2.95. The van der Waals surface area contributed by atoms with Crippen LogP contribution in [-0.4, -0.2) is 44.1 Å². The monoisotopic (exact) mass is 340 g/mol. The number of nitrogens with zero attached hydrogens (tertiary/aromatic N) is 1. The lowest BCUT2D eigenvalue weighted by Crippen LogP contribution is -2.35.